The molecule has 0 amide bonds. The standard InChI is InChI=1S/C27H28N4/c1-6-19(2)8-7-9-20(3)10-11-22-17-29-18-23(16-28)27(22)31(5)26-13-12-25-24(21(26)4)14-15-30-25/h7-15,17-18,30H,2,6H2,1,3-5H3/b8-7-,11-10+,20-9+. The molecule has 2 heterocycles. The van der Waals surface area contributed by atoms with E-state index in [2.05, 4.69) is 59.6 Å². The quantitative estimate of drug-likeness (QED) is 0.429. The van der Waals surface area contributed by atoms with E-state index in [1.54, 1.807) is 12.4 Å². The Morgan fingerprint density at radius 3 is 2.81 bits per heavy atom. The Balaban J connectivity index is 2.00. The number of nitriles is 1. The third kappa shape index (κ3) is 4.84. The number of hydrogen-bond donors (Lipinski definition) is 1. The molecule has 0 aliphatic heterocycles. The highest BCUT2D eigenvalue weighted by atomic mass is 15.1. The van der Waals surface area contributed by atoms with Gasteiger partial charge in [0.1, 0.15) is 6.07 Å². The third-order valence-electron chi connectivity index (χ3n) is 5.41. The third-order valence-corrected chi connectivity index (χ3v) is 5.41. The fourth-order valence-corrected chi connectivity index (χ4v) is 3.53. The van der Waals surface area contributed by atoms with E-state index in [4.69, 9.17) is 0 Å². The smallest absolute Gasteiger partial charge is 0.103 e. The van der Waals surface area contributed by atoms with Gasteiger partial charge in [-0.05, 0) is 44.0 Å². The molecule has 0 saturated heterocycles. The molecule has 0 atom stereocenters. The summed E-state index contributed by atoms with van der Waals surface area (Å²) in [5.41, 5.74) is 7.79. The highest BCUT2D eigenvalue weighted by molar-refractivity contribution is 5.90. The van der Waals surface area contributed by atoms with Crippen LogP contribution in [-0.4, -0.2) is 17.0 Å². The second-order valence-corrected chi connectivity index (χ2v) is 7.56. The van der Waals surface area contributed by atoms with E-state index in [9.17, 15) is 5.26 Å². The zero-order chi connectivity index (χ0) is 22.4. The van der Waals surface area contributed by atoms with Crippen LogP contribution in [-0.2, 0) is 0 Å². The summed E-state index contributed by atoms with van der Waals surface area (Å²) in [6.07, 6.45) is 16.4. The second kappa shape index (κ2) is 9.77. The zero-order valence-corrected chi connectivity index (χ0v) is 18.6. The van der Waals surface area contributed by atoms with Crippen molar-refractivity contribution in [3.8, 4) is 6.07 Å². The first kappa shape index (κ1) is 21.9. The number of H-pyrrole nitrogens is 1. The van der Waals surface area contributed by atoms with Crippen molar-refractivity contribution >= 4 is 28.4 Å². The summed E-state index contributed by atoms with van der Waals surface area (Å²) >= 11 is 0. The van der Waals surface area contributed by atoms with Crippen LogP contribution in [0.2, 0.25) is 0 Å². The minimum atomic E-state index is 0.541. The number of nitrogens with one attached hydrogen (secondary N) is 1. The van der Waals surface area contributed by atoms with E-state index in [0.29, 0.717) is 5.56 Å². The lowest BCUT2D eigenvalue weighted by molar-refractivity contribution is 1.15. The van der Waals surface area contributed by atoms with Gasteiger partial charge < -0.3 is 9.88 Å². The van der Waals surface area contributed by atoms with Crippen molar-refractivity contribution in [1.82, 2.24) is 9.97 Å². The summed E-state index contributed by atoms with van der Waals surface area (Å²) in [6, 6.07) is 8.53. The van der Waals surface area contributed by atoms with Crippen LogP contribution in [0.1, 0.15) is 37.0 Å². The largest absolute Gasteiger partial charge is 0.361 e. The summed E-state index contributed by atoms with van der Waals surface area (Å²) < 4.78 is 0. The van der Waals surface area contributed by atoms with Gasteiger partial charge >= 0.3 is 0 Å². The Bertz CT molecular complexity index is 1230. The molecule has 1 N–H and O–H groups in total. The van der Waals surface area contributed by atoms with Crippen LogP contribution in [0, 0.1) is 18.3 Å². The van der Waals surface area contributed by atoms with E-state index >= 15 is 0 Å². The van der Waals surface area contributed by atoms with Gasteiger partial charge in [-0.2, -0.15) is 5.26 Å². The number of anilines is 2. The van der Waals surface area contributed by atoms with Gasteiger partial charge in [0.05, 0.1) is 11.3 Å². The van der Waals surface area contributed by atoms with Gasteiger partial charge in [-0.3, -0.25) is 4.98 Å². The topological polar surface area (TPSA) is 55.7 Å². The van der Waals surface area contributed by atoms with Gasteiger partial charge in [-0.15, -0.1) is 0 Å². The normalized spacial score (nSPS) is 12.0. The van der Waals surface area contributed by atoms with Crippen molar-refractivity contribution in [1.29, 1.82) is 5.26 Å². The van der Waals surface area contributed by atoms with Crippen LogP contribution in [0.5, 0.6) is 0 Å². The molecule has 31 heavy (non-hydrogen) atoms. The lowest BCUT2D eigenvalue weighted by Crippen LogP contribution is -2.14. The van der Waals surface area contributed by atoms with Gasteiger partial charge in [0.2, 0.25) is 0 Å². The first-order valence-corrected chi connectivity index (χ1v) is 10.4. The summed E-state index contributed by atoms with van der Waals surface area (Å²) in [6.45, 7) is 10.2. The fraction of sp³-hybridized carbons (Fsp3) is 0.185. The minimum absolute atomic E-state index is 0.541. The molecular formula is C27H28N4. The molecule has 0 aliphatic carbocycles. The summed E-state index contributed by atoms with van der Waals surface area (Å²) in [5, 5.41) is 10.9. The molecule has 4 heteroatoms. The Morgan fingerprint density at radius 1 is 1.26 bits per heavy atom. The number of pyridine rings is 1. The summed E-state index contributed by atoms with van der Waals surface area (Å²) in [5.74, 6) is 0. The molecule has 0 bridgehead atoms. The Labute approximate surface area is 184 Å². The van der Waals surface area contributed by atoms with Crippen molar-refractivity contribution in [3.05, 3.63) is 95.5 Å². The Morgan fingerprint density at radius 2 is 2.06 bits per heavy atom. The molecule has 0 spiro atoms. The molecular weight excluding hydrogens is 380 g/mol. The van der Waals surface area contributed by atoms with Gasteiger partial charge in [0.25, 0.3) is 0 Å². The number of aromatic amines is 1. The lowest BCUT2D eigenvalue weighted by atomic mass is 10.0. The van der Waals surface area contributed by atoms with Crippen molar-refractivity contribution in [3.63, 3.8) is 0 Å². The molecule has 2 aromatic heterocycles. The van der Waals surface area contributed by atoms with Crippen LogP contribution in [0.15, 0.2) is 78.8 Å². The number of nitrogens with zero attached hydrogens (tertiary/aromatic N) is 3. The molecule has 156 valence electrons. The molecule has 4 nitrogen and oxygen atoms in total. The highest BCUT2D eigenvalue weighted by Gasteiger charge is 2.16. The van der Waals surface area contributed by atoms with Crippen LogP contribution in [0.3, 0.4) is 0 Å². The maximum Gasteiger partial charge on any atom is 0.103 e. The highest BCUT2D eigenvalue weighted by Crippen LogP contribution is 2.35. The van der Waals surface area contributed by atoms with E-state index < -0.39 is 0 Å². The molecule has 0 aliphatic rings. The van der Waals surface area contributed by atoms with Gasteiger partial charge in [0.15, 0.2) is 0 Å². The maximum absolute atomic E-state index is 9.74. The van der Waals surface area contributed by atoms with Crippen LogP contribution in [0.25, 0.3) is 17.0 Å². The molecule has 0 radical (unpaired) electrons. The Kier molecular flexibility index (Phi) is 6.89. The number of allylic oxidation sites excluding steroid dienone is 6. The number of benzene rings is 1. The van der Waals surface area contributed by atoms with E-state index in [1.807, 2.05) is 50.5 Å². The van der Waals surface area contributed by atoms with E-state index in [-0.39, 0.29) is 0 Å². The van der Waals surface area contributed by atoms with Gasteiger partial charge in [0, 0.05) is 47.8 Å². The molecule has 0 saturated carbocycles. The number of aromatic nitrogens is 2. The summed E-state index contributed by atoms with van der Waals surface area (Å²) in [4.78, 5) is 9.61. The molecule has 0 fully saturated rings. The van der Waals surface area contributed by atoms with Gasteiger partial charge in [-0.25, -0.2) is 0 Å². The van der Waals surface area contributed by atoms with Gasteiger partial charge in [-0.1, -0.05) is 55.0 Å². The lowest BCUT2D eigenvalue weighted by Gasteiger charge is -2.24. The van der Waals surface area contributed by atoms with Crippen molar-refractivity contribution in [2.45, 2.75) is 27.2 Å². The van der Waals surface area contributed by atoms with Crippen molar-refractivity contribution in [2.24, 2.45) is 0 Å². The van der Waals surface area contributed by atoms with Crippen LogP contribution < -0.4 is 4.90 Å². The first-order chi connectivity index (χ1) is 15.0. The molecule has 3 rings (SSSR count). The molecule has 3 aromatic rings. The number of aryl methyl sites for hydroxylation is 1. The average Bonchev–Trinajstić information content (AvgIpc) is 3.26. The maximum atomic E-state index is 9.74. The zero-order valence-electron chi connectivity index (χ0n) is 18.6. The van der Waals surface area contributed by atoms with Crippen molar-refractivity contribution < 1.29 is 0 Å². The number of rotatable bonds is 7. The summed E-state index contributed by atoms with van der Waals surface area (Å²) in [7, 11) is 2.00. The monoisotopic (exact) mass is 408 g/mol. The predicted molar refractivity (Wildman–Crippen MR) is 131 cm³/mol. The SMILES string of the molecule is C=C(\C=C/C=C(C)/C=C/c1cncc(C#N)c1N(C)c1ccc2[nH]ccc2c1C)CC. The van der Waals surface area contributed by atoms with E-state index in [0.717, 1.165) is 45.6 Å². The second-order valence-electron chi connectivity index (χ2n) is 7.56. The predicted octanol–water partition coefficient (Wildman–Crippen LogP) is 6.99. The molecule has 0 unspecified atom stereocenters. The van der Waals surface area contributed by atoms with Crippen molar-refractivity contribution in [2.75, 3.05) is 11.9 Å². The van der Waals surface area contributed by atoms with Crippen LogP contribution >= 0.6 is 0 Å². The Hall–Kier alpha value is -3.84. The molecule has 1 aromatic carbocycles. The van der Waals surface area contributed by atoms with E-state index in [1.165, 1.54) is 5.39 Å². The number of hydrogen-bond acceptors (Lipinski definition) is 3. The van der Waals surface area contributed by atoms with Crippen LogP contribution in [0.4, 0.5) is 11.4 Å². The average molecular weight is 409 g/mol. The fourth-order valence-electron chi connectivity index (χ4n) is 3.53. The first-order valence-electron chi connectivity index (χ1n) is 10.4. The number of fused-ring (bicyclic) bond motifs is 1. The minimum Gasteiger partial charge on any atom is -0.361 e.